The highest BCUT2D eigenvalue weighted by Gasteiger charge is 2.16. The molecule has 0 saturated heterocycles. The first-order chi connectivity index (χ1) is 9.86. The molecule has 0 aliphatic carbocycles. The van der Waals surface area contributed by atoms with Gasteiger partial charge in [-0.25, -0.2) is 0 Å². The second-order valence-corrected chi connectivity index (χ2v) is 7.08. The Balaban J connectivity index is 2.05. The number of hydrogen-bond donors (Lipinski definition) is 0. The van der Waals surface area contributed by atoms with Crippen LogP contribution in [0.25, 0.3) is 10.8 Å². The second-order valence-electron chi connectivity index (χ2n) is 4.70. The molecule has 0 heterocycles. The van der Waals surface area contributed by atoms with E-state index in [1.54, 1.807) is 0 Å². The van der Waals surface area contributed by atoms with Crippen LogP contribution in [0.1, 0.15) is 20.3 Å². The molecule has 0 fully saturated rings. The minimum Gasteiger partial charge on any atom is -0.412 e. The van der Waals surface area contributed by atoms with Gasteiger partial charge in [-0.1, -0.05) is 49.4 Å². The van der Waals surface area contributed by atoms with Crippen molar-refractivity contribution < 1.29 is 9.16 Å². The van der Waals surface area contributed by atoms with E-state index in [-0.39, 0.29) is 0 Å². The van der Waals surface area contributed by atoms with E-state index < -0.39 is 9.04 Å². The van der Waals surface area contributed by atoms with E-state index in [1.165, 1.54) is 16.0 Å². The molecule has 20 heavy (non-hydrogen) atoms. The topological polar surface area (TPSA) is 18.5 Å². The Morgan fingerprint density at radius 2 is 1.75 bits per heavy atom. The highest BCUT2D eigenvalue weighted by molar-refractivity contribution is 6.70. The van der Waals surface area contributed by atoms with Crippen LogP contribution in [0.3, 0.4) is 0 Å². The summed E-state index contributed by atoms with van der Waals surface area (Å²) < 4.78 is 11.5. The third-order valence-electron chi connectivity index (χ3n) is 3.32. The number of ether oxygens (including phenoxy) is 1. The zero-order valence-electron chi connectivity index (χ0n) is 12.4. The Kier molecular flexibility index (Phi) is 6.24. The maximum Gasteiger partial charge on any atom is 0.247 e. The Bertz CT molecular complexity index is 522. The van der Waals surface area contributed by atoms with Gasteiger partial charge in [0.15, 0.2) is 0 Å². The van der Waals surface area contributed by atoms with Crippen LogP contribution in [0, 0.1) is 0 Å². The predicted molar refractivity (Wildman–Crippen MR) is 86.9 cm³/mol. The fraction of sp³-hybridized carbons (Fsp3) is 0.412. The fourth-order valence-corrected chi connectivity index (χ4v) is 4.28. The minimum atomic E-state index is -0.929. The zero-order chi connectivity index (χ0) is 14.2. The van der Waals surface area contributed by atoms with Crippen LogP contribution in [0.5, 0.6) is 0 Å². The minimum absolute atomic E-state index is 0.787. The first-order valence-corrected chi connectivity index (χ1v) is 9.02. The monoisotopic (exact) mass is 287 g/mol. The first kappa shape index (κ1) is 15.2. The highest BCUT2D eigenvalue weighted by atomic mass is 28.3. The molecule has 2 rings (SSSR count). The maximum absolute atomic E-state index is 6.15. The van der Waals surface area contributed by atoms with Crippen LogP contribution in [0.2, 0.25) is 6.04 Å². The Morgan fingerprint density at radius 3 is 2.55 bits per heavy atom. The lowest BCUT2D eigenvalue weighted by Crippen LogP contribution is -2.33. The van der Waals surface area contributed by atoms with Crippen LogP contribution in [-0.4, -0.2) is 28.9 Å². The molecule has 0 aromatic heterocycles. The summed E-state index contributed by atoms with van der Waals surface area (Å²) in [6.45, 7) is 6.63. The van der Waals surface area contributed by atoms with Crippen molar-refractivity contribution in [3.05, 3.63) is 42.5 Å². The Labute approximate surface area is 123 Å². The van der Waals surface area contributed by atoms with E-state index in [4.69, 9.17) is 9.16 Å². The molecular weight excluding hydrogens is 264 g/mol. The average Bonchev–Trinajstić information content (AvgIpc) is 2.51. The summed E-state index contributed by atoms with van der Waals surface area (Å²) in [5.41, 5.74) is 0. The molecule has 2 aromatic carbocycles. The van der Waals surface area contributed by atoms with Gasteiger partial charge in [-0.15, -0.1) is 0 Å². The predicted octanol–water partition coefficient (Wildman–Crippen LogP) is 3.50. The van der Waals surface area contributed by atoms with Crippen molar-refractivity contribution in [2.45, 2.75) is 26.3 Å². The molecule has 0 unspecified atom stereocenters. The molecule has 0 N–H and O–H groups in total. The number of rotatable bonds is 8. The van der Waals surface area contributed by atoms with E-state index in [9.17, 15) is 0 Å². The second kappa shape index (κ2) is 8.20. The summed E-state index contributed by atoms with van der Waals surface area (Å²) in [6, 6.07) is 16.2. The highest BCUT2D eigenvalue weighted by Crippen LogP contribution is 2.13. The quantitative estimate of drug-likeness (QED) is 0.546. The fourth-order valence-electron chi connectivity index (χ4n) is 2.34. The summed E-state index contributed by atoms with van der Waals surface area (Å²) in [6.07, 6.45) is 0.979. The van der Waals surface area contributed by atoms with E-state index in [0.717, 1.165) is 32.3 Å². The maximum atomic E-state index is 6.15. The molecule has 0 bridgehead atoms. The van der Waals surface area contributed by atoms with Crippen molar-refractivity contribution in [2.75, 3.05) is 19.8 Å². The summed E-state index contributed by atoms with van der Waals surface area (Å²) in [7, 11) is -0.929. The van der Waals surface area contributed by atoms with Gasteiger partial charge in [0, 0.05) is 19.8 Å². The van der Waals surface area contributed by atoms with Crippen molar-refractivity contribution in [3.63, 3.8) is 0 Å². The van der Waals surface area contributed by atoms with Gasteiger partial charge in [0.2, 0.25) is 9.04 Å². The van der Waals surface area contributed by atoms with Crippen molar-refractivity contribution >= 4 is 25.0 Å². The molecule has 0 spiro atoms. The van der Waals surface area contributed by atoms with Crippen LogP contribution in [0.15, 0.2) is 42.5 Å². The summed E-state index contributed by atoms with van der Waals surface area (Å²) >= 11 is 0. The number of hydrogen-bond acceptors (Lipinski definition) is 2. The number of fused-ring (bicyclic) bond motifs is 1. The van der Waals surface area contributed by atoms with Crippen LogP contribution >= 0.6 is 0 Å². The third-order valence-corrected chi connectivity index (χ3v) is 5.56. The van der Waals surface area contributed by atoms with Crippen LogP contribution in [0.4, 0.5) is 0 Å². The Morgan fingerprint density at radius 1 is 0.950 bits per heavy atom. The number of benzene rings is 2. The molecule has 3 heteroatoms. The van der Waals surface area contributed by atoms with Gasteiger partial charge >= 0.3 is 0 Å². The molecule has 1 radical (unpaired) electrons. The first-order valence-electron chi connectivity index (χ1n) is 7.41. The molecule has 107 valence electrons. The van der Waals surface area contributed by atoms with E-state index in [1.807, 2.05) is 6.92 Å². The van der Waals surface area contributed by atoms with Crippen molar-refractivity contribution in [1.29, 1.82) is 0 Å². The molecule has 2 nitrogen and oxygen atoms in total. The molecule has 2 aromatic rings. The lowest BCUT2D eigenvalue weighted by molar-refractivity contribution is 0.131. The Hall–Kier alpha value is -1.16. The van der Waals surface area contributed by atoms with Crippen molar-refractivity contribution in [3.8, 4) is 0 Å². The van der Waals surface area contributed by atoms with Gasteiger partial charge in [-0.05, 0) is 35.3 Å². The molecule has 0 amide bonds. The molecule has 0 aliphatic rings. The van der Waals surface area contributed by atoms with Crippen LogP contribution in [-0.2, 0) is 9.16 Å². The smallest absolute Gasteiger partial charge is 0.247 e. The van der Waals surface area contributed by atoms with Crippen molar-refractivity contribution in [2.24, 2.45) is 0 Å². The average molecular weight is 287 g/mol. The van der Waals surface area contributed by atoms with E-state index in [0.29, 0.717) is 0 Å². The largest absolute Gasteiger partial charge is 0.412 e. The summed E-state index contributed by atoms with van der Waals surface area (Å²) in [5, 5.41) is 4.04. The third kappa shape index (κ3) is 3.92. The van der Waals surface area contributed by atoms with Gasteiger partial charge in [0.05, 0.1) is 0 Å². The standard InChI is InChI=1S/C17H23O2Si/c1-3-18-13-8-14-19-20(4-2)17-12-7-10-15-9-5-6-11-16(15)17/h5-7,9-12H,3-4,8,13-14H2,1-2H3. The van der Waals surface area contributed by atoms with E-state index in [2.05, 4.69) is 49.4 Å². The van der Waals surface area contributed by atoms with Gasteiger partial charge in [0.25, 0.3) is 0 Å². The molecule has 0 atom stereocenters. The lowest BCUT2D eigenvalue weighted by Gasteiger charge is -2.16. The zero-order valence-corrected chi connectivity index (χ0v) is 13.4. The van der Waals surface area contributed by atoms with Crippen molar-refractivity contribution in [1.82, 2.24) is 0 Å². The molecule has 0 saturated carbocycles. The lowest BCUT2D eigenvalue weighted by atomic mass is 10.1. The van der Waals surface area contributed by atoms with Crippen LogP contribution < -0.4 is 5.19 Å². The van der Waals surface area contributed by atoms with E-state index >= 15 is 0 Å². The summed E-state index contributed by atoms with van der Waals surface area (Å²) in [4.78, 5) is 0. The van der Waals surface area contributed by atoms with Gasteiger partial charge in [-0.2, -0.15) is 0 Å². The summed E-state index contributed by atoms with van der Waals surface area (Å²) in [5.74, 6) is 0. The van der Waals surface area contributed by atoms with Gasteiger partial charge in [-0.3, -0.25) is 0 Å². The molecular formula is C17H23O2Si. The SMILES string of the molecule is CCOCCCO[Si](CC)c1cccc2ccccc12. The van der Waals surface area contributed by atoms with Gasteiger partial charge in [0.1, 0.15) is 0 Å². The van der Waals surface area contributed by atoms with Gasteiger partial charge < -0.3 is 9.16 Å². The molecule has 0 aliphatic heterocycles. The normalized spacial score (nSPS) is 11.3.